The molecule has 0 aliphatic rings. The van der Waals surface area contributed by atoms with Gasteiger partial charge in [0.05, 0.1) is 0 Å². The second-order valence-corrected chi connectivity index (χ2v) is 3.99. The van der Waals surface area contributed by atoms with Crippen molar-refractivity contribution in [3.8, 4) is 0 Å². The number of nitrogens with one attached hydrogen (secondary N) is 1. The van der Waals surface area contributed by atoms with Crippen LogP contribution in [0.25, 0.3) is 0 Å². The van der Waals surface area contributed by atoms with Crippen molar-refractivity contribution >= 4 is 6.21 Å². The number of hydrogen-bond acceptors (Lipinski definition) is 1. The molecule has 2 rings (SSSR count). The summed E-state index contributed by atoms with van der Waals surface area (Å²) in [6.45, 7) is 2.14. The largest absolute Gasteiger partial charge is 0.308 e. The van der Waals surface area contributed by atoms with Gasteiger partial charge in [0.2, 0.25) is 0 Å². The highest BCUT2D eigenvalue weighted by molar-refractivity contribution is 5.76. The molecule has 0 radical (unpaired) electrons. The van der Waals surface area contributed by atoms with Crippen LogP contribution in [0.5, 0.6) is 0 Å². The van der Waals surface area contributed by atoms with Gasteiger partial charge in [-0.2, -0.15) is 0 Å². The zero-order valence-corrected chi connectivity index (χ0v) is 9.40. The van der Waals surface area contributed by atoms with E-state index in [1.807, 2.05) is 12.1 Å². The second kappa shape index (κ2) is 4.75. The van der Waals surface area contributed by atoms with Crippen LogP contribution in [-0.2, 0) is 6.42 Å². The van der Waals surface area contributed by atoms with Crippen LogP contribution in [0.15, 0.2) is 48.5 Å². The van der Waals surface area contributed by atoms with Gasteiger partial charge in [0, 0.05) is 6.21 Å². The summed E-state index contributed by atoms with van der Waals surface area (Å²) in [5.74, 6) is 0. The van der Waals surface area contributed by atoms with Crippen molar-refractivity contribution in [3.05, 3.63) is 70.8 Å². The average molecular weight is 209 g/mol. The standard InChI is InChI=1S/C15H15N/c1-12-4-2-3-5-15(12)10-13-6-8-14(11-16)9-7-13/h2-9,11,16H,10H2,1H3. The molecule has 0 aromatic heterocycles. The molecule has 0 heterocycles. The molecule has 0 amide bonds. The summed E-state index contributed by atoms with van der Waals surface area (Å²) in [5.41, 5.74) is 4.94. The van der Waals surface area contributed by atoms with Gasteiger partial charge >= 0.3 is 0 Å². The maximum Gasteiger partial charge on any atom is 0.0250 e. The summed E-state index contributed by atoms with van der Waals surface area (Å²) in [7, 11) is 0. The monoisotopic (exact) mass is 209 g/mol. The van der Waals surface area contributed by atoms with Crippen LogP contribution in [0.3, 0.4) is 0 Å². The lowest BCUT2D eigenvalue weighted by atomic mass is 10.00. The molecule has 1 nitrogen and oxygen atoms in total. The highest BCUT2D eigenvalue weighted by Gasteiger charge is 1.99. The predicted octanol–water partition coefficient (Wildman–Crippen LogP) is 3.58. The Hall–Kier alpha value is -1.89. The Kier molecular flexibility index (Phi) is 3.16. The molecule has 0 bridgehead atoms. The SMILES string of the molecule is Cc1ccccc1Cc1ccc(C=N)cc1. The van der Waals surface area contributed by atoms with Gasteiger partial charge < -0.3 is 5.41 Å². The van der Waals surface area contributed by atoms with E-state index in [-0.39, 0.29) is 0 Å². The summed E-state index contributed by atoms with van der Waals surface area (Å²) < 4.78 is 0. The minimum absolute atomic E-state index is 0.952. The summed E-state index contributed by atoms with van der Waals surface area (Å²) in [6, 6.07) is 16.6. The van der Waals surface area contributed by atoms with E-state index in [0.29, 0.717) is 0 Å². The topological polar surface area (TPSA) is 23.9 Å². The van der Waals surface area contributed by atoms with Crippen LogP contribution in [0.2, 0.25) is 0 Å². The van der Waals surface area contributed by atoms with Crippen molar-refractivity contribution in [1.82, 2.24) is 0 Å². The van der Waals surface area contributed by atoms with Gasteiger partial charge in [-0.15, -0.1) is 0 Å². The van der Waals surface area contributed by atoms with Crippen molar-refractivity contribution in [2.75, 3.05) is 0 Å². The quantitative estimate of drug-likeness (QED) is 0.747. The van der Waals surface area contributed by atoms with Crippen molar-refractivity contribution in [3.63, 3.8) is 0 Å². The van der Waals surface area contributed by atoms with Gasteiger partial charge in [0.1, 0.15) is 0 Å². The van der Waals surface area contributed by atoms with E-state index in [4.69, 9.17) is 5.41 Å². The van der Waals surface area contributed by atoms with E-state index in [1.165, 1.54) is 22.9 Å². The zero-order valence-electron chi connectivity index (χ0n) is 9.40. The van der Waals surface area contributed by atoms with Gasteiger partial charge in [-0.1, -0.05) is 48.5 Å². The molecule has 0 unspecified atom stereocenters. The average Bonchev–Trinajstić information content (AvgIpc) is 2.33. The minimum atomic E-state index is 0.952. The van der Waals surface area contributed by atoms with Crippen LogP contribution < -0.4 is 0 Å². The molecule has 2 aromatic rings. The summed E-state index contributed by atoms with van der Waals surface area (Å²) >= 11 is 0. The maximum absolute atomic E-state index is 7.14. The van der Waals surface area contributed by atoms with Crippen molar-refractivity contribution < 1.29 is 0 Å². The first-order chi connectivity index (χ1) is 7.79. The highest BCUT2D eigenvalue weighted by Crippen LogP contribution is 2.13. The predicted molar refractivity (Wildman–Crippen MR) is 68.3 cm³/mol. The second-order valence-electron chi connectivity index (χ2n) is 3.99. The molecule has 0 atom stereocenters. The third-order valence-corrected chi connectivity index (χ3v) is 2.80. The Morgan fingerprint density at radius 2 is 1.69 bits per heavy atom. The third-order valence-electron chi connectivity index (χ3n) is 2.80. The third kappa shape index (κ3) is 2.37. The van der Waals surface area contributed by atoms with Crippen LogP contribution in [0.4, 0.5) is 0 Å². The molecule has 16 heavy (non-hydrogen) atoms. The molecular weight excluding hydrogens is 194 g/mol. The molecule has 0 saturated carbocycles. The van der Waals surface area contributed by atoms with E-state index in [0.717, 1.165) is 12.0 Å². The molecule has 0 fully saturated rings. The smallest absolute Gasteiger partial charge is 0.0250 e. The van der Waals surface area contributed by atoms with Crippen molar-refractivity contribution in [2.24, 2.45) is 0 Å². The molecule has 2 aromatic carbocycles. The van der Waals surface area contributed by atoms with Crippen LogP contribution in [0.1, 0.15) is 22.3 Å². The zero-order chi connectivity index (χ0) is 11.4. The first kappa shape index (κ1) is 10.6. The molecule has 0 aliphatic heterocycles. The molecule has 0 aliphatic carbocycles. The Labute approximate surface area is 96.3 Å². The van der Waals surface area contributed by atoms with Gasteiger partial charge in [-0.05, 0) is 35.6 Å². The Morgan fingerprint density at radius 3 is 2.31 bits per heavy atom. The van der Waals surface area contributed by atoms with Crippen LogP contribution in [0, 0.1) is 12.3 Å². The molecule has 1 N–H and O–H groups in total. The summed E-state index contributed by atoms with van der Waals surface area (Å²) in [6.07, 6.45) is 2.34. The van der Waals surface area contributed by atoms with Gasteiger partial charge in [0.25, 0.3) is 0 Å². The Balaban J connectivity index is 2.21. The molecule has 0 saturated heterocycles. The van der Waals surface area contributed by atoms with Crippen LogP contribution in [-0.4, -0.2) is 6.21 Å². The number of benzene rings is 2. The van der Waals surface area contributed by atoms with Gasteiger partial charge in [0.15, 0.2) is 0 Å². The summed E-state index contributed by atoms with van der Waals surface area (Å²) in [5, 5.41) is 7.14. The van der Waals surface area contributed by atoms with E-state index in [2.05, 4.69) is 43.3 Å². The Bertz CT molecular complexity index is 483. The fourth-order valence-electron chi connectivity index (χ4n) is 1.76. The first-order valence-corrected chi connectivity index (χ1v) is 5.43. The number of hydrogen-bond donors (Lipinski definition) is 1. The number of rotatable bonds is 3. The van der Waals surface area contributed by atoms with E-state index < -0.39 is 0 Å². The molecule has 1 heteroatoms. The number of aryl methyl sites for hydroxylation is 1. The van der Waals surface area contributed by atoms with Gasteiger partial charge in [-0.25, -0.2) is 0 Å². The fraction of sp³-hybridized carbons (Fsp3) is 0.133. The lowest BCUT2D eigenvalue weighted by Gasteiger charge is -2.05. The highest BCUT2D eigenvalue weighted by atomic mass is 14.3. The van der Waals surface area contributed by atoms with Crippen molar-refractivity contribution in [1.29, 1.82) is 5.41 Å². The molecular formula is C15H15N. The van der Waals surface area contributed by atoms with E-state index >= 15 is 0 Å². The minimum Gasteiger partial charge on any atom is -0.308 e. The van der Waals surface area contributed by atoms with Crippen LogP contribution >= 0.6 is 0 Å². The van der Waals surface area contributed by atoms with Gasteiger partial charge in [-0.3, -0.25) is 0 Å². The van der Waals surface area contributed by atoms with E-state index in [1.54, 1.807) is 0 Å². The fourth-order valence-corrected chi connectivity index (χ4v) is 1.76. The lowest BCUT2D eigenvalue weighted by Crippen LogP contribution is -1.91. The molecule has 0 spiro atoms. The van der Waals surface area contributed by atoms with E-state index in [9.17, 15) is 0 Å². The molecule has 80 valence electrons. The maximum atomic E-state index is 7.14. The summed E-state index contributed by atoms with van der Waals surface area (Å²) in [4.78, 5) is 0. The normalized spacial score (nSPS) is 10.1. The Morgan fingerprint density at radius 1 is 1.00 bits per heavy atom. The van der Waals surface area contributed by atoms with Crippen molar-refractivity contribution in [2.45, 2.75) is 13.3 Å². The first-order valence-electron chi connectivity index (χ1n) is 5.43. The lowest BCUT2D eigenvalue weighted by molar-refractivity contribution is 1.16.